The standard InChI is InChI=1S/C11H21NO5.FH/c1-2-3-4-5-8-17-12-9(11(15)16)6-7-10(13)14;/h9,12H,2-8H2,1H3,(H,13,14)(H,15,16);1H. The number of hydrogen-bond donors (Lipinski definition) is 3. The van der Waals surface area contributed by atoms with E-state index in [1.54, 1.807) is 0 Å². The van der Waals surface area contributed by atoms with Crippen molar-refractivity contribution in [3.8, 4) is 0 Å². The molecule has 0 spiro atoms. The summed E-state index contributed by atoms with van der Waals surface area (Å²) in [7, 11) is 0. The van der Waals surface area contributed by atoms with Crippen molar-refractivity contribution in [3.05, 3.63) is 0 Å². The fourth-order valence-corrected chi connectivity index (χ4v) is 1.26. The van der Waals surface area contributed by atoms with Crippen molar-refractivity contribution in [1.82, 2.24) is 5.48 Å². The van der Waals surface area contributed by atoms with Crippen LogP contribution in [0.3, 0.4) is 0 Å². The summed E-state index contributed by atoms with van der Waals surface area (Å²) in [5.74, 6) is -2.11. The van der Waals surface area contributed by atoms with Gasteiger partial charge in [-0.3, -0.25) is 14.3 Å². The molecule has 1 atom stereocenters. The summed E-state index contributed by atoms with van der Waals surface area (Å²) in [6.07, 6.45) is 3.99. The molecule has 6 nitrogen and oxygen atoms in total. The van der Waals surface area contributed by atoms with Gasteiger partial charge >= 0.3 is 11.9 Å². The normalized spacial score (nSPS) is 11.6. The lowest BCUT2D eigenvalue weighted by Crippen LogP contribution is -2.37. The van der Waals surface area contributed by atoms with E-state index >= 15 is 0 Å². The molecule has 0 rings (SSSR count). The lowest BCUT2D eigenvalue weighted by molar-refractivity contribution is -0.145. The second-order valence-electron chi connectivity index (χ2n) is 3.85. The number of halogens is 1. The Labute approximate surface area is 106 Å². The molecule has 0 aromatic rings. The predicted molar refractivity (Wildman–Crippen MR) is 64.0 cm³/mol. The van der Waals surface area contributed by atoms with Crippen LogP contribution in [0.25, 0.3) is 0 Å². The third-order valence-corrected chi connectivity index (χ3v) is 2.27. The van der Waals surface area contributed by atoms with E-state index in [-0.39, 0.29) is 17.5 Å². The lowest BCUT2D eigenvalue weighted by atomic mass is 10.2. The Morgan fingerprint density at radius 2 is 1.89 bits per heavy atom. The van der Waals surface area contributed by atoms with Gasteiger partial charge in [0.05, 0.1) is 6.61 Å². The zero-order valence-electron chi connectivity index (χ0n) is 10.6. The maximum atomic E-state index is 10.7. The van der Waals surface area contributed by atoms with Crippen molar-refractivity contribution < 1.29 is 29.3 Å². The van der Waals surface area contributed by atoms with Gasteiger partial charge in [0.1, 0.15) is 6.04 Å². The molecular weight excluding hydrogens is 245 g/mol. The molecule has 0 aromatic heterocycles. The van der Waals surface area contributed by atoms with Gasteiger partial charge in [0.15, 0.2) is 0 Å². The summed E-state index contributed by atoms with van der Waals surface area (Å²) in [4.78, 5) is 26.1. The smallest absolute Gasteiger partial charge is 0.323 e. The van der Waals surface area contributed by atoms with E-state index in [2.05, 4.69) is 12.4 Å². The molecule has 0 bridgehead atoms. The Hall–Kier alpha value is -1.21. The minimum Gasteiger partial charge on any atom is -0.481 e. The summed E-state index contributed by atoms with van der Waals surface area (Å²) in [6, 6.07) is -0.961. The van der Waals surface area contributed by atoms with Crippen molar-refractivity contribution in [1.29, 1.82) is 0 Å². The number of rotatable bonds is 11. The molecular formula is C11H22FNO5. The Balaban J connectivity index is 0. The highest BCUT2D eigenvalue weighted by Gasteiger charge is 2.18. The zero-order valence-corrected chi connectivity index (χ0v) is 10.6. The third-order valence-electron chi connectivity index (χ3n) is 2.27. The number of unbranched alkanes of at least 4 members (excludes halogenated alkanes) is 3. The van der Waals surface area contributed by atoms with E-state index in [9.17, 15) is 9.59 Å². The van der Waals surface area contributed by atoms with Crippen LogP contribution in [0.15, 0.2) is 0 Å². The SMILES string of the molecule is CCCCCCONC(CCC(=O)O)C(=O)O.F. The maximum absolute atomic E-state index is 10.7. The van der Waals surface area contributed by atoms with Crippen LogP contribution in [0, 0.1) is 0 Å². The first kappa shape index (κ1) is 19.1. The second-order valence-corrected chi connectivity index (χ2v) is 3.85. The van der Waals surface area contributed by atoms with E-state index in [1.165, 1.54) is 0 Å². The van der Waals surface area contributed by atoms with E-state index in [4.69, 9.17) is 15.1 Å². The van der Waals surface area contributed by atoms with E-state index < -0.39 is 18.0 Å². The van der Waals surface area contributed by atoms with Gasteiger partial charge in [-0.1, -0.05) is 26.2 Å². The molecule has 0 saturated carbocycles. The number of carboxylic acids is 2. The predicted octanol–water partition coefficient (Wildman–Crippen LogP) is 1.56. The molecule has 7 heteroatoms. The molecule has 1 unspecified atom stereocenters. The van der Waals surface area contributed by atoms with Crippen LogP contribution in [-0.4, -0.2) is 34.8 Å². The lowest BCUT2D eigenvalue weighted by Gasteiger charge is -2.13. The monoisotopic (exact) mass is 267 g/mol. The first-order valence-corrected chi connectivity index (χ1v) is 5.89. The first-order valence-electron chi connectivity index (χ1n) is 5.89. The first-order chi connectivity index (χ1) is 8.07. The molecule has 0 aliphatic rings. The zero-order chi connectivity index (χ0) is 13.1. The number of aliphatic carboxylic acids is 2. The van der Waals surface area contributed by atoms with Crippen LogP contribution in [0.2, 0.25) is 0 Å². The van der Waals surface area contributed by atoms with Gasteiger partial charge in [-0.05, 0) is 12.8 Å². The second kappa shape index (κ2) is 12.3. The van der Waals surface area contributed by atoms with Crippen molar-refractivity contribution in [2.24, 2.45) is 0 Å². The molecule has 0 saturated heterocycles. The number of nitrogens with one attached hydrogen (secondary N) is 1. The average molecular weight is 267 g/mol. The van der Waals surface area contributed by atoms with Gasteiger partial charge in [0.2, 0.25) is 0 Å². The molecule has 18 heavy (non-hydrogen) atoms. The van der Waals surface area contributed by atoms with Crippen LogP contribution in [0.5, 0.6) is 0 Å². The van der Waals surface area contributed by atoms with Gasteiger partial charge in [-0.15, -0.1) is 0 Å². The van der Waals surface area contributed by atoms with Gasteiger partial charge in [0, 0.05) is 6.42 Å². The fraction of sp³-hybridized carbons (Fsp3) is 0.818. The molecule has 0 aromatic carbocycles. The molecule has 0 amide bonds. The van der Waals surface area contributed by atoms with Crippen LogP contribution in [0.1, 0.15) is 45.4 Å². The van der Waals surface area contributed by atoms with E-state index in [0.717, 1.165) is 25.7 Å². The molecule has 108 valence electrons. The van der Waals surface area contributed by atoms with Crippen molar-refractivity contribution in [2.45, 2.75) is 51.5 Å². The topological polar surface area (TPSA) is 95.9 Å². The summed E-state index contributed by atoms with van der Waals surface area (Å²) in [5.41, 5.74) is 2.39. The summed E-state index contributed by atoms with van der Waals surface area (Å²) in [6.45, 7) is 2.54. The van der Waals surface area contributed by atoms with Crippen LogP contribution in [-0.2, 0) is 14.4 Å². The summed E-state index contributed by atoms with van der Waals surface area (Å²) >= 11 is 0. The largest absolute Gasteiger partial charge is 0.481 e. The fourth-order valence-electron chi connectivity index (χ4n) is 1.26. The highest BCUT2D eigenvalue weighted by molar-refractivity contribution is 5.74. The Kier molecular flexibility index (Phi) is 13.0. The highest BCUT2D eigenvalue weighted by atomic mass is 19.0. The maximum Gasteiger partial charge on any atom is 0.323 e. The Morgan fingerprint density at radius 3 is 2.39 bits per heavy atom. The Morgan fingerprint density at radius 1 is 1.22 bits per heavy atom. The number of carbonyl (C=O) groups is 2. The molecule has 0 heterocycles. The summed E-state index contributed by atoms with van der Waals surface area (Å²) < 4.78 is 0. The van der Waals surface area contributed by atoms with Gasteiger partial charge in [-0.2, -0.15) is 5.48 Å². The van der Waals surface area contributed by atoms with Crippen LogP contribution >= 0.6 is 0 Å². The van der Waals surface area contributed by atoms with Gasteiger partial charge in [-0.25, -0.2) is 0 Å². The van der Waals surface area contributed by atoms with Gasteiger partial charge < -0.3 is 15.1 Å². The summed E-state index contributed by atoms with van der Waals surface area (Å²) in [5, 5.41) is 17.2. The van der Waals surface area contributed by atoms with Crippen LogP contribution < -0.4 is 5.48 Å². The van der Waals surface area contributed by atoms with Crippen molar-refractivity contribution in [3.63, 3.8) is 0 Å². The average Bonchev–Trinajstić information content (AvgIpc) is 2.26. The minimum absolute atomic E-state index is 0. The van der Waals surface area contributed by atoms with Gasteiger partial charge in [0.25, 0.3) is 0 Å². The van der Waals surface area contributed by atoms with E-state index in [0.29, 0.717) is 6.61 Å². The van der Waals surface area contributed by atoms with Crippen LogP contribution in [0.4, 0.5) is 4.70 Å². The third kappa shape index (κ3) is 11.3. The molecule has 0 aliphatic heterocycles. The quantitative estimate of drug-likeness (QED) is 0.388. The van der Waals surface area contributed by atoms with E-state index in [1.807, 2.05) is 0 Å². The van der Waals surface area contributed by atoms with Crippen molar-refractivity contribution in [2.75, 3.05) is 6.61 Å². The van der Waals surface area contributed by atoms with Crippen molar-refractivity contribution >= 4 is 11.9 Å². The molecule has 3 N–H and O–H groups in total. The molecule has 0 radical (unpaired) electrons. The Bertz CT molecular complexity index is 237. The highest BCUT2D eigenvalue weighted by Crippen LogP contribution is 2.00. The molecule has 0 aliphatic carbocycles. The number of hydroxylamine groups is 1. The minimum atomic E-state index is -1.10. The number of hydrogen-bond acceptors (Lipinski definition) is 4. The number of carboxylic acid groups (broad SMARTS) is 2. The molecule has 0 fully saturated rings.